The van der Waals surface area contributed by atoms with Gasteiger partial charge >= 0.3 is 5.97 Å². The lowest BCUT2D eigenvalue weighted by atomic mass is 9.95. The molecular formula is C29H35FN2O4Si. The van der Waals surface area contributed by atoms with Gasteiger partial charge < -0.3 is 14.4 Å². The predicted molar refractivity (Wildman–Crippen MR) is 145 cm³/mol. The Morgan fingerprint density at radius 2 is 1.68 bits per heavy atom. The number of hydrogen-bond donors (Lipinski definition) is 1. The second-order valence-corrected chi connectivity index (χ2v) is 16.4. The van der Waals surface area contributed by atoms with Gasteiger partial charge in [0.15, 0.2) is 0 Å². The molecule has 0 unspecified atom stereocenters. The van der Waals surface area contributed by atoms with E-state index in [1.165, 1.54) is 17.0 Å². The summed E-state index contributed by atoms with van der Waals surface area (Å²) in [6, 6.07) is 8.04. The second-order valence-electron chi connectivity index (χ2n) is 11.0. The van der Waals surface area contributed by atoms with Gasteiger partial charge in [-0.3, -0.25) is 9.78 Å². The number of hydrogen-bond acceptors (Lipinski definition) is 4. The number of carboxylic acid groups (broad SMARTS) is 1. The van der Waals surface area contributed by atoms with Gasteiger partial charge in [-0.1, -0.05) is 53.7 Å². The van der Waals surface area contributed by atoms with Crippen molar-refractivity contribution in [1.29, 1.82) is 0 Å². The molecule has 1 aliphatic rings. The van der Waals surface area contributed by atoms with Crippen molar-refractivity contribution in [2.45, 2.75) is 71.1 Å². The molecule has 1 aromatic heterocycles. The molecular weight excluding hydrogens is 487 g/mol. The number of rotatable bonds is 8. The monoisotopic (exact) mass is 522 g/mol. The van der Waals surface area contributed by atoms with E-state index in [-0.39, 0.29) is 40.5 Å². The van der Waals surface area contributed by atoms with Crippen molar-refractivity contribution in [2.24, 2.45) is 0 Å². The van der Waals surface area contributed by atoms with Crippen molar-refractivity contribution in [3.63, 3.8) is 0 Å². The number of carbonyl (C=O) groups is 2. The Kier molecular flexibility index (Phi) is 7.16. The molecule has 0 radical (unpaired) electrons. The average Bonchev–Trinajstić information content (AvgIpc) is 3.10. The summed E-state index contributed by atoms with van der Waals surface area (Å²) >= 11 is 0. The van der Waals surface area contributed by atoms with E-state index in [9.17, 15) is 19.1 Å². The number of nitrogens with zero attached hydrogens (tertiary/aromatic N) is 2. The van der Waals surface area contributed by atoms with Gasteiger partial charge in [0, 0.05) is 30.7 Å². The molecule has 1 aliphatic heterocycles. The van der Waals surface area contributed by atoms with E-state index in [2.05, 4.69) is 41.5 Å². The van der Waals surface area contributed by atoms with Crippen LogP contribution in [0, 0.1) is 5.82 Å². The molecule has 3 aromatic rings. The van der Waals surface area contributed by atoms with Crippen LogP contribution >= 0.6 is 0 Å². The van der Waals surface area contributed by atoms with Crippen molar-refractivity contribution in [3.8, 4) is 5.75 Å². The highest BCUT2D eigenvalue weighted by Crippen LogP contribution is 2.47. The number of aromatic nitrogens is 1. The molecule has 1 amide bonds. The summed E-state index contributed by atoms with van der Waals surface area (Å²) in [5.74, 6) is -1.24. The molecule has 1 N–H and O–H groups in total. The van der Waals surface area contributed by atoms with Crippen LogP contribution in [0.1, 0.15) is 78.9 Å². The summed E-state index contributed by atoms with van der Waals surface area (Å²) in [6.45, 7) is 13.2. The predicted octanol–water partition coefficient (Wildman–Crippen LogP) is 6.80. The summed E-state index contributed by atoms with van der Waals surface area (Å²) in [4.78, 5) is 32.2. The summed E-state index contributed by atoms with van der Waals surface area (Å²) in [5.41, 5.74) is 3.74. The Hall–Kier alpha value is -3.26. The first kappa shape index (κ1) is 26.8. The standard InChI is InChI=1S/C29H35FN2O4Si/c1-16(2)37(17(3)4,18(5)6)36-27-25-23(15-32(7)28(25)33)24(29(34)35)22-13-20(14-31-26(22)27)12-19-8-10-21(30)11-9-19/h8-11,13-14,16-18H,12,15H2,1-7H3,(H,34,35). The third-order valence-electron chi connectivity index (χ3n) is 7.74. The topological polar surface area (TPSA) is 79.7 Å². The molecule has 2 heterocycles. The number of aromatic carboxylic acids is 1. The van der Waals surface area contributed by atoms with E-state index in [4.69, 9.17) is 9.41 Å². The number of carbonyl (C=O) groups excluding carboxylic acids is 1. The number of carboxylic acids is 1. The Morgan fingerprint density at radius 3 is 2.22 bits per heavy atom. The van der Waals surface area contributed by atoms with E-state index in [1.54, 1.807) is 25.4 Å². The first-order valence-corrected chi connectivity index (χ1v) is 14.9. The lowest BCUT2D eigenvalue weighted by Crippen LogP contribution is -2.51. The molecule has 37 heavy (non-hydrogen) atoms. The van der Waals surface area contributed by atoms with Gasteiger partial charge in [-0.05, 0) is 52.4 Å². The number of benzene rings is 2. The van der Waals surface area contributed by atoms with Crippen LogP contribution in [0.25, 0.3) is 10.9 Å². The molecule has 0 saturated carbocycles. The third-order valence-corrected chi connectivity index (χ3v) is 13.7. The largest absolute Gasteiger partial charge is 0.541 e. The van der Waals surface area contributed by atoms with Crippen LogP contribution in [-0.2, 0) is 13.0 Å². The lowest BCUT2D eigenvalue weighted by molar-refractivity contribution is 0.0695. The highest BCUT2D eigenvalue weighted by atomic mass is 28.4. The van der Waals surface area contributed by atoms with E-state index >= 15 is 0 Å². The van der Waals surface area contributed by atoms with E-state index in [0.717, 1.165) is 11.1 Å². The summed E-state index contributed by atoms with van der Waals surface area (Å²) in [7, 11) is -0.824. The smallest absolute Gasteiger partial charge is 0.336 e. The van der Waals surface area contributed by atoms with E-state index in [1.807, 2.05) is 6.07 Å². The molecule has 0 fully saturated rings. The van der Waals surface area contributed by atoms with Crippen molar-refractivity contribution in [2.75, 3.05) is 7.05 Å². The third kappa shape index (κ3) is 4.52. The van der Waals surface area contributed by atoms with Crippen LogP contribution in [0.15, 0.2) is 36.5 Å². The minimum Gasteiger partial charge on any atom is -0.541 e. The molecule has 196 valence electrons. The second kappa shape index (κ2) is 9.89. The van der Waals surface area contributed by atoms with Gasteiger partial charge in [-0.15, -0.1) is 0 Å². The van der Waals surface area contributed by atoms with E-state index in [0.29, 0.717) is 34.2 Å². The Balaban J connectivity index is 2.00. The summed E-state index contributed by atoms with van der Waals surface area (Å²) in [6.07, 6.45) is 2.17. The first-order valence-electron chi connectivity index (χ1n) is 12.8. The average molecular weight is 523 g/mol. The Morgan fingerprint density at radius 1 is 1.08 bits per heavy atom. The van der Waals surface area contributed by atoms with Gasteiger partial charge in [-0.2, -0.15) is 0 Å². The summed E-state index contributed by atoms with van der Waals surface area (Å²) < 4.78 is 20.5. The van der Waals surface area contributed by atoms with Gasteiger partial charge in [-0.25, -0.2) is 9.18 Å². The van der Waals surface area contributed by atoms with Crippen molar-refractivity contribution in [1.82, 2.24) is 9.88 Å². The van der Waals surface area contributed by atoms with Crippen molar-refractivity contribution in [3.05, 3.63) is 70.2 Å². The van der Waals surface area contributed by atoms with Crippen LogP contribution in [0.4, 0.5) is 4.39 Å². The molecule has 0 atom stereocenters. The molecule has 0 saturated heterocycles. The van der Waals surface area contributed by atoms with Crippen LogP contribution < -0.4 is 4.43 Å². The minimum atomic E-state index is -2.50. The maximum Gasteiger partial charge on any atom is 0.336 e. The molecule has 8 heteroatoms. The van der Waals surface area contributed by atoms with Gasteiger partial charge in [0.2, 0.25) is 0 Å². The first-order chi connectivity index (χ1) is 17.4. The number of halogens is 1. The number of pyridine rings is 1. The Bertz CT molecular complexity index is 1350. The molecule has 2 aromatic carbocycles. The van der Waals surface area contributed by atoms with Crippen LogP contribution in [0.2, 0.25) is 16.6 Å². The van der Waals surface area contributed by atoms with Crippen LogP contribution in [-0.4, -0.2) is 42.2 Å². The zero-order valence-electron chi connectivity index (χ0n) is 22.6. The van der Waals surface area contributed by atoms with Crippen molar-refractivity contribution < 1.29 is 23.5 Å². The SMILES string of the molecule is CC(C)[Si](Oc1c2c(c(C(=O)O)c3cc(Cc4ccc(F)cc4)cnc13)CN(C)C2=O)(C(C)C)C(C)C. The fourth-order valence-electron chi connectivity index (χ4n) is 6.12. The fourth-order valence-corrected chi connectivity index (χ4v) is 11.4. The van der Waals surface area contributed by atoms with E-state index < -0.39 is 14.3 Å². The molecule has 6 nitrogen and oxygen atoms in total. The normalized spacial score (nSPS) is 13.8. The minimum absolute atomic E-state index is 0.0920. The molecule has 0 aliphatic carbocycles. The maximum absolute atomic E-state index is 13.4. The number of fused-ring (bicyclic) bond motifs is 2. The van der Waals surface area contributed by atoms with Gasteiger partial charge in [0.25, 0.3) is 14.2 Å². The van der Waals surface area contributed by atoms with Crippen LogP contribution in [0.5, 0.6) is 5.75 Å². The zero-order valence-corrected chi connectivity index (χ0v) is 23.6. The van der Waals surface area contributed by atoms with Gasteiger partial charge in [0.05, 0.1) is 11.1 Å². The summed E-state index contributed by atoms with van der Waals surface area (Å²) in [5, 5.41) is 10.7. The molecule has 0 spiro atoms. The maximum atomic E-state index is 13.4. The number of amides is 1. The fraction of sp³-hybridized carbons (Fsp3) is 0.414. The zero-order chi connectivity index (χ0) is 27.2. The van der Waals surface area contributed by atoms with Gasteiger partial charge in [0.1, 0.15) is 17.1 Å². The highest BCUT2D eigenvalue weighted by molar-refractivity contribution is 6.78. The quantitative estimate of drug-likeness (QED) is 0.329. The lowest BCUT2D eigenvalue weighted by Gasteiger charge is -2.42. The Labute approximate surface area is 218 Å². The molecule has 4 rings (SSSR count). The van der Waals surface area contributed by atoms with Crippen molar-refractivity contribution >= 4 is 31.1 Å². The highest BCUT2D eigenvalue weighted by Gasteiger charge is 2.49. The van der Waals surface area contributed by atoms with Crippen LogP contribution in [0.3, 0.4) is 0 Å². The molecule has 0 bridgehead atoms.